The van der Waals surface area contributed by atoms with E-state index in [0.717, 1.165) is 30.0 Å². The number of fused-ring (bicyclic) bond motifs is 1. The summed E-state index contributed by atoms with van der Waals surface area (Å²) < 4.78 is 1.72. The SMILES string of the molecule is [B]c1cnn2c(NCCc3ccccc3)cc(-c3ccccc3Cl)nc12. The van der Waals surface area contributed by atoms with E-state index in [9.17, 15) is 0 Å². The molecule has 26 heavy (non-hydrogen) atoms. The second-order valence-electron chi connectivity index (χ2n) is 6.00. The van der Waals surface area contributed by atoms with Gasteiger partial charge in [0.25, 0.3) is 0 Å². The molecule has 4 aromatic rings. The molecule has 4 rings (SSSR count). The first-order valence-corrected chi connectivity index (χ1v) is 8.77. The Kier molecular flexibility index (Phi) is 4.63. The third-order valence-electron chi connectivity index (χ3n) is 4.21. The van der Waals surface area contributed by atoms with Gasteiger partial charge in [-0.1, -0.05) is 60.1 Å². The molecule has 0 saturated carbocycles. The fourth-order valence-corrected chi connectivity index (χ4v) is 3.12. The van der Waals surface area contributed by atoms with Gasteiger partial charge >= 0.3 is 0 Å². The van der Waals surface area contributed by atoms with Crippen LogP contribution in [0.15, 0.2) is 66.9 Å². The van der Waals surface area contributed by atoms with Gasteiger partial charge in [0.15, 0.2) is 5.65 Å². The van der Waals surface area contributed by atoms with Crippen LogP contribution < -0.4 is 10.8 Å². The van der Waals surface area contributed by atoms with Gasteiger partial charge in [-0.25, -0.2) is 4.98 Å². The van der Waals surface area contributed by atoms with E-state index < -0.39 is 0 Å². The normalized spacial score (nSPS) is 11.0. The van der Waals surface area contributed by atoms with Crippen LogP contribution in [-0.2, 0) is 6.42 Å². The largest absolute Gasteiger partial charge is 0.370 e. The van der Waals surface area contributed by atoms with Crippen LogP contribution in [0.3, 0.4) is 0 Å². The number of aromatic nitrogens is 3. The van der Waals surface area contributed by atoms with Gasteiger partial charge in [-0.2, -0.15) is 9.61 Å². The summed E-state index contributed by atoms with van der Waals surface area (Å²) in [5, 5.41) is 8.43. The van der Waals surface area contributed by atoms with Crippen LogP contribution in [0.4, 0.5) is 5.82 Å². The molecule has 0 aliphatic heterocycles. The Morgan fingerprint density at radius 3 is 2.62 bits per heavy atom. The van der Waals surface area contributed by atoms with E-state index >= 15 is 0 Å². The number of hydrogen-bond acceptors (Lipinski definition) is 3. The van der Waals surface area contributed by atoms with Crippen molar-refractivity contribution in [3.8, 4) is 11.3 Å². The number of nitrogens with zero attached hydrogens (tertiary/aromatic N) is 3. The Labute approximate surface area is 158 Å². The number of nitrogens with one attached hydrogen (secondary N) is 1. The van der Waals surface area contributed by atoms with E-state index in [2.05, 4.69) is 27.5 Å². The highest BCUT2D eigenvalue weighted by atomic mass is 35.5. The first-order chi connectivity index (χ1) is 12.7. The Hall–Kier alpha value is -2.79. The maximum atomic E-state index is 6.35. The highest BCUT2D eigenvalue weighted by Gasteiger charge is 2.12. The molecule has 0 amide bonds. The van der Waals surface area contributed by atoms with Crippen molar-refractivity contribution >= 4 is 36.4 Å². The van der Waals surface area contributed by atoms with Gasteiger partial charge in [-0.3, -0.25) is 0 Å². The van der Waals surface area contributed by atoms with Crippen molar-refractivity contribution in [2.45, 2.75) is 6.42 Å². The minimum atomic E-state index is 0.532. The summed E-state index contributed by atoms with van der Waals surface area (Å²) >= 11 is 6.35. The third-order valence-corrected chi connectivity index (χ3v) is 4.54. The Balaban J connectivity index is 1.68. The first-order valence-electron chi connectivity index (χ1n) is 8.39. The fraction of sp³-hybridized carbons (Fsp3) is 0.100. The van der Waals surface area contributed by atoms with Crippen molar-refractivity contribution in [2.75, 3.05) is 11.9 Å². The molecule has 1 N–H and O–H groups in total. The lowest BCUT2D eigenvalue weighted by Gasteiger charge is -2.12. The fourth-order valence-electron chi connectivity index (χ4n) is 2.89. The summed E-state index contributed by atoms with van der Waals surface area (Å²) in [5.74, 6) is 0.831. The zero-order valence-electron chi connectivity index (χ0n) is 14.1. The average molecular weight is 359 g/mol. The summed E-state index contributed by atoms with van der Waals surface area (Å²) in [6.45, 7) is 0.769. The van der Waals surface area contributed by atoms with Gasteiger partial charge < -0.3 is 5.32 Å². The summed E-state index contributed by atoms with van der Waals surface area (Å²) in [6.07, 6.45) is 2.52. The van der Waals surface area contributed by atoms with E-state index in [1.807, 2.05) is 48.5 Å². The van der Waals surface area contributed by atoms with Crippen LogP contribution >= 0.6 is 11.6 Å². The van der Waals surface area contributed by atoms with Crippen molar-refractivity contribution in [1.82, 2.24) is 14.6 Å². The number of hydrogen-bond donors (Lipinski definition) is 1. The van der Waals surface area contributed by atoms with Gasteiger partial charge in [0, 0.05) is 29.4 Å². The highest BCUT2D eigenvalue weighted by Crippen LogP contribution is 2.28. The van der Waals surface area contributed by atoms with E-state index in [0.29, 0.717) is 16.1 Å². The van der Waals surface area contributed by atoms with Crippen LogP contribution in [0.5, 0.6) is 0 Å². The van der Waals surface area contributed by atoms with Crippen molar-refractivity contribution < 1.29 is 0 Å². The van der Waals surface area contributed by atoms with Crippen molar-refractivity contribution in [3.63, 3.8) is 0 Å². The lowest BCUT2D eigenvalue weighted by atomic mass is 10.0. The summed E-state index contributed by atoms with van der Waals surface area (Å²) in [7, 11) is 6.04. The number of rotatable bonds is 5. The summed E-state index contributed by atoms with van der Waals surface area (Å²) in [4.78, 5) is 4.64. The number of halogens is 1. The van der Waals surface area contributed by atoms with E-state index in [-0.39, 0.29) is 0 Å². The number of benzene rings is 2. The molecular formula is C20H16BClN4. The van der Waals surface area contributed by atoms with Crippen molar-refractivity contribution in [1.29, 1.82) is 0 Å². The average Bonchev–Trinajstić information content (AvgIpc) is 3.04. The van der Waals surface area contributed by atoms with Crippen molar-refractivity contribution in [2.24, 2.45) is 0 Å². The van der Waals surface area contributed by atoms with Crippen LogP contribution in [0.25, 0.3) is 16.9 Å². The van der Waals surface area contributed by atoms with Gasteiger partial charge in [0.1, 0.15) is 13.7 Å². The Morgan fingerprint density at radius 2 is 1.81 bits per heavy atom. The van der Waals surface area contributed by atoms with Gasteiger partial charge in [0.2, 0.25) is 0 Å². The van der Waals surface area contributed by atoms with Crippen LogP contribution in [0.1, 0.15) is 5.56 Å². The molecule has 0 aliphatic carbocycles. The summed E-state index contributed by atoms with van der Waals surface area (Å²) in [6, 6.07) is 19.9. The smallest absolute Gasteiger partial charge is 0.150 e. The van der Waals surface area contributed by atoms with E-state index in [1.54, 1.807) is 10.7 Å². The lowest BCUT2D eigenvalue weighted by molar-refractivity contribution is 0.914. The Bertz CT molecular complexity index is 1050. The van der Waals surface area contributed by atoms with Crippen molar-refractivity contribution in [3.05, 3.63) is 77.4 Å². The molecule has 0 aliphatic rings. The zero-order valence-corrected chi connectivity index (χ0v) is 14.8. The molecule has 0 bridgehead atoms. The standard InChI is InChI=1S/C20H16BClN4/c21-16-13-24-26-19(23-11-10-14-6-2-1-3-7-14)12-18(25-20(16)26)15-8-4-5-9-17(15)22/h1-9,12-13,23H,10-11H2. The predicted octanol–water partition coefficient (Wildman–Crippen LogP) is 3.50. The molecule has 126 valence electrons. The predicted molar refractivity (Wildman–Crippen MR) is 107 cm³/mol. The molecule has 0 spiro atoms. The molecule has 0 fully saturated rings. The van der Waals surface area contributed by atoms with Gasteiger partial charge in [-0.05, 0) is 23.5 Å². The van der Waals surface area contributed by atoms with E-state index in [4.69, 9.17) is 19.4 Å². The van der Waals surface area contributed by atoms with Gasteiger partial charge in [-0.15, -0.1) is 0 Å². The second-order valence-corrected chi connectivity index (χ2v) is 6.41. The quantitative estimate of drug-likeness (QED) is 0.555. The van der Waals surface area contributed by atoms with E-state index in [1.165, 1.54) is 5.56 Å². The van der Waals surface area contributed by atoms with Crippen LogP contribution in [0.2, 0.25) is 5.02 Å². The minimum absolute atomic E-state index is 0.532. The third kappa shape index (κ3) is 3.31. The van der Waals surface area contributed by atoms with Crippen LogP contribution in [-0.4, -0.2) is 29.0 Å². The minimum Gasteiger partial charge on any atom is -0.370 e. The van der Waals surface area contributed by atoms with Crippen LogP contribution in [0, 0.1) is 0 Å². The number of anilines is 1. The Morgan fingerprint density at radius 1 is 1.04 bits per heavy atom. The molecule has 2 radical (unpaired) electrons. The lowest BCUT2D eigenvalue weighted by Crippen LogP contribution is -2.11. The highest BCUT2D eigenvalue weighted by molar-refractivity contribution is 6.36. The summed E-state index contributed by atoms with van der Waals surface area (Å²) in [5.41, 5.74) is 4.05. The first kappa shape index (κ1) is 16.7. The monoisotopic (exact) mass is 358 g/mol. The maximum Gasteiger partial charge on any atom is 0.150 e. The topological polar surface area (TPSA) is 42.2 Å². The zero-order chi connectivity index (χ0) is 17.9. The molecule has 4 nitrogen and oxygen atoms in total. The molecule has 2 heterocycles. The molecule has 0 unspecified atom stereocenters. The van der Waals surface area contributed by atoms with Gasteiger partial charge in [0.05, 0.1) is 5.69 Å². The second kappa shape index (κ2) is 7.22. The molecule has 2 aromatic carbocycles. The maximum absolute atomic E-state index is 6.35. The molecule has 0 saturated heterocycles. The molecule has 6 heteroatoms. The molecule has 2 aromatic heterocycles. The molecular weight excluding hydrogens is 343 g/mol. The molecule has 0 atom stereocenters.